The van der Waals surface area contributed by atoms with Crippen LogP contribution >= 0.6 is 0 Å². The average molecular weight is 349 g/mol. The Morgan fingerprint density at radius 3 is 2.88 bits per heavy atom. The van der Waals surface area contributed by atoms with Crippen LogP contribution in [0.3, 0.4) is 0 Å². The highest BCUT2D eigenvalue weighted by Crippen LogP contribution is 2.28. The van der Waals surface area contributed by atoms with Crippen molar-refractivity contribution in [2.24, 2.45) is 5.92 Å². The minimum Gasteiger partial charge on any atom is -0.493 e. The van der Waals surface area contributed by atoms with Crippen LogP contribution in [0.2, 0.25) is 0 Å². The number of hydrogen-bond donors (Lipinski definition) is 2. The lowest BCUT2D eigenvalue weighted by Crippen LogP contribution is -2.23. The molecule has 140 valence electrons. The maximum atomic E-state index is 12.0. The Hall–Kier alpha value is -1.79. The number of carbonyl (C=O) groups is 1. The number of methoxy groups -OCH3 is 1. The van der Waals surface area contributed by atoms with Gasteiger partial charge in [-0.25, -0.2) is 0 Å². The molecule has 1 unspecified atom stereocenters. The number of likely N-dealkylation sites (N-methyl/N-ethyl adjacent to an activating group) is 1. The fourth-order valence-electron chi connectivity index (χ4n) is 2.86. The first-order chi connectivity index (χ1) is 12.1. The van der Waals surface area contributed by atoms with Crippen LogP contribution in [-0.2, 0) is 11.3 Å². The molecule has 0 saturated carbocycles. The second kappa shape index (κ2) is 10.3. The Kier molecular flexibility index (Phi) is 8.01. The fourth-order valence-corrected chi connectivity index (χ4v) is 2.86. The highest BCUT2D eigenvalue weighted by atomic mass is 16.5. The minimum absolute atomic E-state index is 0.108. The smallest absolute Gasteiger partial charge is 0.220 e. The summed E-state index contributed by atoms with van der Waals surface area (Å²) >= 11 is 0. The van der Waals surface area contributed by atoms with E-state index in [2.05, 4.69) is 15.5 Å². The van der Waals surface area contributed by atoms with Gasteiger partial charge in [0.25, 0.3) is 0 Å². The zero-order valence-electron chi connectivity index (χ0n) is 15.6. The van der Waals surface area contributed by atoms with Gasteiger partial charge in [0.05, 0.1) is 7.11 Å². The van der Waals surface area contributed by atoms with E-state index in [1.807, 2.05) is 32.3 Å². The van der Waals surface area contributed by atoms with E-state index in [0.717, 1.165) is 37.4 Å². The van der Waals surface area contributed by atoms with Crippen molar-refractivity contribution in [3.8, 4) is 11.5 Å². The highest BCUT2D eigenvalue weighted by Gasteiger charge is 2.15. The van der Waals surface area contributed by atoms with Crippen molar-refractivity contribution in [1.29, 1.82) is 0 Å². The van der Waals surface area contributed by atoms with E-state index in [0.29, 0.717) is 31.2 Å². The van der Waals surface area contributed by atoms with Gasteiger partial charge in [-0.15, -0.1) is 0 Å². The fraction of sp³-hybridized carbons (Fsp3) is 0.632. The summed E-state index contributed by atoms with van der Waals surface area (Å²) in [5.41, 5.74) is 1.01. The van der Waals surface area contributed by atoms with Crippen LogP contribution in [0, 0.1) is 5.92 Å². The van der Waals surface area contributed by atoms with Crippen LogP contribution < -0.4 is 20.1 Å². The lowest BCUT2D eigenvalue weighted by atomic mass is 10.0. The summed E-state index contributed by atoms with van der Waals surface area (Å²) in [6, 6.07) is 5.79. The largest absolute Gasteiger partial charge is 0.493 e. The first-order valence-electron chi connectivity index (χ1n) is 9.00. The summed E-state index contributed by atoms with van der Waals surface area (Å²) in [6.45, 7) is 4.08. The van der Waals surface area contributed by atoms with E-state index in [1.54, 1.807) is 7.11 Å². The molecule has 6 nitrogen and oxygen atoms in total. The monoisotopic (exact) mass is 349 g/mol. The summed E-state index contributed by atoms with van der Waals surface area (Å²) in [4.78, 5) is 14.1. The number of hydrogen-bond acceptors (Lipinski definition) is 5. The van der Waals surface area contributed by atoms with Gasteiger partial charge in [-0.05, 0) is 63.6 Å². The van der Waals surface area contributed by atoms with Gasteiger partial charge >= 0.3 is 0 Å². The first-order valence-corrected chi connectivity index (χ1v) is 9.00. The third-order valence-corrected chi connectivity index (χ3v) is 4.46. The topological polar surface area (TPSA) is 62.8 Å². The minimum atomic E-state index is 0.108. The molecule has 1 atom stereocenters. The molecule has 0 aromatic heterocycles. The second-order valence-corrected chi connectivity index (χ2v) is 6.81. The molecule has 0 radical (unpaired) electrons. The molecule has 1 heterocycles. The van der Waals surface area contributed by atoms with Crippen molar-refractivity contribution in [1.82, 2.24) is 15.5 Å². The number of nitrogens with zero attached hydrogens (tertiary/aromatic N) is 1. The summed E-state index contributed by atoms with van der Waals surface area (Å²) in [5, 5.41) is 6.32. The van der Waals surface area contributed by atoms with Gasteiger partial charge in [0, 0.05) is 19.5 Å². The summed E-state index contributed by atoms with van der Waals surface area (Å²) in [5.74, 6) is 2.18. The van der Waals surface area contributed by atoms with Crippen molar-refractivity contribution in [3.05, 3.63) is 23.8 Å². The Labute approximate surface area is 150 Å². The van der Waals surface area contributed by atoms with E-state index in [1.165, 1.54) is 6.42 Å². The van der Waals surface area contributed by atoms with Crippen LogP contribution in [0.25, 0.3) is 0 Å². The van der Waals surface area contributed by atoms with Crippen LogP contribution in [0.1, 0.15) is 24.8 Å². The molecule has 0 spiro atoms. The van der Waals surface area contributed by atoms with Crippen molar-refractivity contribution in [3.63, 3.8) is 0 Å². The third-order valence-electron chi connectivity index (χ3n) is 4.46. The van der Waals surface area contributed by atoms with Crippen LogP contribution in [0.5, 0.6) is 11.5 Å². The van der Waals surface area contributed by atoms with E-state index in [4.69, 9.17) is 9.47 Å². The number of carbonyl (C=O) groups excluding carboxylic acids is 1. The number of amides is 1. The SMILES string of the molecule is COc1cc(CNC(=O)CCC2CCNC2)ccc1OCCN(C)C. The van der Waals surface area contributed by atoms with Gasteiger partial charge in [-0.2, -0.15) is 0 Å². The predicted molar refractivity (Wildman–Crippen MR) is 99.1 cm³/mol. The van der Waals surface area contributed by atoms with Gasteiger partial charge < -0.3 is 25.0 Å². The van der Waals surface area contributed by atoms with E-state index in [9.17, 15) is 4.79 Å². The summed E-state index contributed by atoms with van der Waals surface area (Å²) in [7, 11) is 5.65. The van der Waals surface area contributed by atoms with Gasteiger partial charge in [0.1, 0.15) is 6.61 Å². The molecular formula is C19H31N3O3. The number of benzene rings is 1. The Balaban J connectivity index is 1.77. The molecule has 2 rings (SSSR count). The average Bonchev–Trinajstić information content (AvgIpc) is 3.12. The molecule has 1 aliphatic heterocycles. The van der Waals surface area contributed by atoms with Gasteiger partial charge in [-0.1, -0.05) is 6.07 Å². The molecule has 6 heteroatoms. The molecule has 1 aliphatic rings. The summed E-state index contributed by atoms with van der Waals surface area (Å²) < 4.78 is 11.2. The van der Waals surface area contributed by atoms with Crippen molar-refractivity contribution in [2.45, 2.75) is 25.8 Å². The van der Waals surface area contributed by atoms with E-state index in [-0.39, 0.29) is 5.91 Å². The highest BCUT2D eigenvalue weighted by molar-refractivity contribution is 5.75. The zero-order chi connectivity index (χ0) is 18.1. The van der Waals surface area contributed by atoms with Crippen molar-refractivity contribution < 1.29 is 14.3 Å². The van der Waals surface area contributed by atoms with Gasteiger partial charge in [0.2, 0.25) is 5.91 Å². The lowest BCUT2D eigenvalue weighted by molar-refractivity contribution is -0.121. The Morgan fingerprint density at radius 1 is 1.36 bits per heavy atom. The summed E-state index contributed by atoms with van der Waals surface area (Å²) in [6.07, 6.45) is 2.73. The lowest BCUT2D eigenvalue weighted by Gasteiger charge is -2.14. The normalized spacial score (nSPS) is 16.9. The molecule has 1 saturated heterocycles. The van der Waals surface area contributed by atoms with Gasteiger partial charge in [0.15, 0.2) is 11.5 Å². The number of rotatable bonds is 10. The molecule has 1 aromatic rings. The first kappa shape index (κ1) is 19.5. The molecule has 2 N–H and O–H groups in total. The molecule has 25 heavy (non-hydrogen) atoms. The second-order valence-electron chi connectivity index (χ2n) is 6.81. The maximum absolute atomic E-state index is 12.0. The van der Waals surface area contributed by atoms with Crippen molar-refractivity contribution >= 4 is 5.91 Å². The van der Waals surface area contributed by atoms with E-state index < -0.39 is 0 Å². The van der Waals surface area contributed by atoms with Crippen molar-refractivity contribution in [2.75, 3.05) is 47.4 Å². The van der Waals surface area contributed by atoms with E-state index >= 15 is 0 Å². The molecular weight excluding hydrogens is 318 g/mol. The quantitative estimate of drug-likeness (QED) is 0.672. The zero-order valence-corrected chi connectivity index (χ0v) is 15.6. The number of nitrogens with one attached hydrogen (secondary N) is 2. The molecule has 1 amide bonds. The predicted octanol–water partition coefficient (Wildman–Crippen LogP) is 1.64. The molecule has 1 aromatic carbocycles. The van der Waals surface area contributed by atoms with Gasteiger partial charge in [-0.3, -0.25) is 4.79 Å². The molecule has 1 fully saturated rings. The molecule has 0 bridgehead atoms. The standard InChI is InChI=1S/C19H31N3O3/c1-22(2)10-11-25-17-6-4-16(12-18(17)24-3)14-21-19(23)7-5-15-8-9-20-13-15/h4,6,12,15,20H,5,7-11,13-14H2,1-3H3,(H,21,23). The van der Waals surface area contributed by atoms with Crippen LogP contribution in [0.4, 0.5) is 0 Å². The Bertz CT molecular complexity index is 543. The third kappa shape index (κ3) is 6.92. The number of ether oxygens (including phenoxy) is 2. The van der Waals surface area contributed by atoms with Crippen LogP contribution in [0.15, 0.2) is 18.2 Å². The Morgan fingerprint density at radius 2 is 2.20 bits per heavy atom. The maximum Gasteiger partial charge on any atom is 0.220 e. The molecule has 0 aliphatic carbocycles. The van der Waals surface area contributed by atoms with Crippen LogP contribution in [-0.4, -0.2) is 58.3 Å².